The Kier molecular flexibility index (Phi) is 6.50. The molecule has 1 aromatic heterocycles. The molecule has 1 aliphatic rings. The van der Waals surface area contributed by atoms with Crippen LogP contribution in [0.25, 0.3) is 0 Å². The second kappa shape index (κ2) is 8.85. The summed E-state index contributed by atoms with van der Waals surface area (Å²) in [6, 6.07) is 9.90. The zero-order valence-electron chi connectivity index (χ0n) is 16.1. The molecule has 1 fully saturated rings. The molecule has 0 atom stereocenters. The third-order valence-corrected chi connectivity index (χ3v) is 5.44. The van der Waals surface area contributed by atoms with E-state index in [0.717, 1.165) is 41.7 Å². The van der Waals surface area contributed by atoms with E-state index in [2.05, 4.69) is 38.8 Å². The van der Waals surface area contributed by atoms with E-state index in [-0.39, 0.29) is 11.8 Å². The molecule has 3 rings (SSSR count). The van der Waals surface area contributed by atoms with Crippen LogP contribution in [0.1, 0.15) is 24.5 Å². The van der Waals surface area contributed by atoms with E-state index in [1.807, 2.05) is 37.5 Å². The minimum Gasteiger partial charge on any atom is -0.497 e. The van der Waals surface area contributed by atoms with Gasteiger partial charge >= 0.3 is 0 Å². The molecule has 0 N–H and O–H groups in total. The predicted octanol–water partition coefficient (Wildman–Crippen LogP) is 3.90. The van der Waals surface area contributed by atoms with Crippen molar-refractivity contribution in [2.24, 2.45) is 5.92 Å². The third kappa shape index (κ3) is 4.68. The van der Waals surface area contributed by atoms with Gasteiger partial charge in [-0.25, -0.2) is 4.98 Å². The first-order valence-electron chi connectivity index (χ1n) is 9.29. The number of carbonyl (C=O) groups is 1. The fraction of sp³-hybridized carbons (Fsp3) is 0.429. The molecule has 1 aromatic carbocycles. The highest BCUT2D eigenvalue weighted by Gasteiger charge is 2.35. The summed E-state index contributed by atoms with van der Waals surface area (Å²) in [4.78, 5) is 21.8. The molecule has 0 aliphatic carbocycles. The maximum Gasteiger partial charge on any atom is 0.234 e. The van der Waals surface area contributed by atoms with Gasteiger partial charge in [-0.15, -0.1) is 0 Å². The van der Waals surface area contributed by atoms with E-state index in [1.54, 1.807) is 12.0 Å². The lowest BCUT2D eigenvalue weighted by Crippen LogP contribution is -2.53. The summed E-state index contributed by atoms with van der Waals surface area (Å²) in [7, 11) is 3.68. The first kappa shape index (κ1) is 19.8. The minimum atomic E-state index is 0.0252. The Balaban J connectivity index is 1.88. The van der Waals surface area contributed by atoms with Crippen LogP contribution in [0.3, 0.4) is 0 Å². The van der Waals surface area contributed by atoms with Crippen molar-refractivity contribution < 1.29 is 9.53 Å². The van der Waals surface area contributed by atoms with Gasteiger partial charge in [0, 0.05) is 19.3 Å². The number of pyridine rings is 1. The Bertz CT molecular complexity index is 789. The van der Waals surface area contributed by atoms with Gasteiger partial charge in [-0.05, 0) is 58.7 Å². The number of halogens is 1. The van der Waals surface area contributed by atoms with Crippen LogP contribution >= 0.6 is 15.9 Å². The van der Waals surface area contributed by atoms with E-state index in [0.29, 0.717) is 12.4 Å². The highest BCUT2D eigenvalue weighted by Crippen LogP contribution is 2.29. The van der Waals surface area contributed by atoms with Gasteiger partial charge in [-0.1, -0.05) is 25.5 Å². The molecule has 0 unspecified atom stereocenters. The molecule has 1 saturated heterocycles. The van der Waals surface area contributed by atoms with E-state index in [1.165, 1.54) is 5.56 Å². The van der Waals surface area contributed by atoms with Crippen LogP contribution in [0, 0.1) is 5.92 Å². The number of likely N-dealkylation sites (tertiary alicyclic amines) is 1. The summed E-state index contributed by atoms with van der Waals surface area (Å²) in [6.45, 7) is 4.23. The van der Waals surface area contributed by atoms with Crippen molar-refractivity contribution in [1.29, 1.82) is 0 Å². The first-order valence-corrected chi connectivity index (χ1v) is 10.1. The average molecular weight is 432 g/mol. The van der Waals surface area contributed by atoms with Crippen LogP contribution < -0.4 is 9.64 Å². The fourth-order valence-electron chi connectivity index (χ4n) is 3.34. The van der Waals surface area contributed by atoms with Gasteiger partial charge in [-0.3, -0.25) is 9.69 Å². The zero-order chi connectivity index (χ0) is 19.4. The molecule has 2 heterocycles. The summed E-state index contributed by atoms with van der Waals surface area (Å²) in [5.74, 6) is 1.64. The number of anilines is 1. The molecule has 2 aromatic rings. The Morgan fingerprint density at radius 2 is 2.00 bits per heavy atom. The van der Waals surface area contributed by atoms with Crippen molar-refractivity contribution in [3.05, 3.63) is 52.1 Å². The van der Waals surface area contributed by atoms with Crippen LogP contribution in [-0.4, -0.2) is 43.0 Å². The van der Waals surface area contributed by atoms with E-state index in [9.17, 15) is 4.79 Å². The number of nitrogens with zero attached hydrogens (tertiary/aromatic N) is 3. The van der Waals surface area contributed by atoms with Crippen LogP contribution in [0.15, 0.2) is 41.0 Å². The summed E-state index contributed by atoms with van der Waals surface area (Å²) >= 11 is 3.64. The van der Waals surface area contributed by atoms with Crippen LogP contribution in [-0.2, 0) is 17.8 Å². The standard InChI is InChI=1S/C21H26BrN3O2/c1-4-5-16-10-19(22)20(23-11-16)25(21(26)17-13-24(2)14-17)12-15-6-8-18(27-3)9-7-15/h6-11,17H,4-5,12-14H2,1-3H3. The van der Waals surface area contributed by atoms with Crippen molar-refractivity contribution in [2.45, 2.75) is 26.3 Å². The number of benzene rings is 1. The van der Waals surface area contributed by atoms with Gasteiger partial charge in [0.1, 0.15) is 11.6 Å². The van der Waals surface area contributed by atoms with Crippen LogP contribution in [0.2, 0.25) is 0 Å². The lowest BCUT2D eigenvalue weighted by atomic mass is 9.99. The fourth-order valence-corrected chi connectivity index (χ4v) is 3.95. The molecule has 0 saturated carbocycles. The van der Waals surface area contributed by atoms with Gasteiger partial charge in [-0.2, -0.15) is 0 Å². The molecule has 5 nitrogen and oxygen atoms in total. The normalized spacial score (nSPS) is 14.7. The molecule has 6 heteroatoms. The van der Waals surface area contributed by atoms with Gasteiger partial charge in [0.15, 0.2) is 0 Å². The predicted molar refractivity (Wildman–Crippen MR) is 111 cm³/mol. The number of aryl methyl sites for hydroxylation is 1. The minimum absolute atomic E-state index is 0.0252. The lowest BCUT2D eigenvalue weighted by Gasteiger charge is -2.38. The summed E-state index contributed by atoms with van der Waals surface area (Å²) in [5, 5.41) is 0. The summed E-state index contributed by atoms with van der Waals surface area (Å²) < 4.78 is 6.10. The summed E-state index contributed by atoms with van der Waals surface area (Å²) in [5.41, 5.74) is 2.22. The monoisotopic (exact) mass is 431 g/mol. The number of hydrogen-bond acceptors (Lipinski definition) is 4. The largest absolute Gasteiger partial charge is 0.497 e. The molecule has 1 amide bonds. The molecule has 144 valence electrons. The smallest absolute Gasteiger partial charge is 0.234 e. The zero-order valence-corrected chi connectivity index (χ0v) is 17.7. The number of hydrogen-bond donors (Lipinski definition) is 0. The molecule has 27 heavy (non-hydrogen) atoms. The van der Waals surface area contributed by atoms with E-state index in [4.69, 9.17) is 4.74 Å². The quantitative estimate of drug-likeness (QED) is 0.666. The van der Waals surface area contributed by atoms with Gasteiger partial charge in [0.2, 0.25) is 5.91 Å². The van der Waals surface area contributed by atoms with Gasteiger partial charge in [0.25, 0.3) is 0 Å². The highest BCUT2D eigenvalue weighted by atomic mass is 79.9. The van der Waals surface area contributed by atoms with Crippen LogP contribution in [0.4, 0.5) is 5.82 Å². The molecule has 0 radical (unpaired) electrons. The lowest BCUT2D eigenvalue weighted by molar-refractivity contribution is -0.127. The molecule has 0 bridgehead atoms. The second-order valence-corrected chi connectivity index (χ2v) is 7.94. The Morgan fingerprint density at radius 3 is 2.56 bits per heavy atom. The number of aromatic nitrogens is 1. The van der Waals surface area contributed by atoms with E-state index < -0.39 is 0 Å². The van der Waals surface area contributed by atoms with Crippen LogP contribution in [0.5, 0.6) is 5.75 Å². The van der Waals surface area contributed by atoms with Crippen molar-refractivity contribution in [3.8, 4) is 5.75 Å². The Labute approximate surface area is 169 Å². The van der Waals surface area contributed by atoms with Crippen molar-refractivity contribution in [3.63, 3.8) is 0 Å². The maximum atomic E-state index is 13.2. The van der Waals surface area contributed by atoms with E-state index >= 15 is 0 Å². The number of ether oxygens (including phenoxy) is 1. The second-order valence-electron chi connectivity index (χ2n) is 7.09. The van der Waals surface area contributed by atoms with Crippen molar-refractivity contribution in [2.75, 3.05) is 32.1 Å². The summed E-state index contributed by atoms with van der Waals surface area (Å²) in [6.07, 6.45) is 3.92. The molecule has 1 aliphatic heterocycles. The SMILES string of the molecule is CCCc1cnc(N(Cc2ccc(OC)cc2)C(=O)C2CN(C)C2)c(Br)c1. The van der Waals surface area contributed by atoms with Crippen molar-refractivity contribution >= 4 is 27.7 Å². The molecule has 0 spiro atoms. The van der Waals surface area contributed by atoms with Gasteiger partial charge in [0.05, 0.1) is 24.0 Å². The number of carbonyl (C=O) groups excluding carboxylic acids is 1. The Hall–Kier alpha value is -1.92. The number of rotatable bonds is 7. The third-order valence-electron chi connectivity index (χ3n) is 4.85. The first-order chi connectivity index (χ1) is 13.0. The molecular weight excluding hydrogens is 406 g/mol. The highest BCUT2D eigenvalue weighted by molar-refractivity contribution is 9.10. The topological polar surface area (TPSA) is 45.7 Å². The number of amides is 1. The average Bonchev–Trinajstić information content (AvgIpc) is 2.64. The number of methoxy groups -OCH3 is 1. The Morgan fingerprint density at radius 1 is 1.30 bits per heavy atom. The van der Waals surface area contributed by atoms with Crippen molar-refractivity contribution in [1.82, 2.24) is 9.88 Å². The maximum absolute atomic E-state index is 13.2. The van der Waals surface area contributed by atoms with Gasteiger partial charge < -0.3 is 9.64 Å². The molecular formula is C21H26BrN3O2.